The third kappa shape index (κ3) is 3.92. The normalized spacial score (nSPS) is 16.4. The number of aliphatic carboxylic acids is 1. The molecule has 5 heteroatoms. The first kappa shape index (κ1) is 15.3. The van der Waals surface area contributed by atoms with Crippen LogP contribution in [0.15, 0.2) is 24.3 Å². The van der Waals surface area contributed by atoms with E-state index in [1.165, 1.54) is 0 Å². The highest BCUT2D eigenvalue weighted by Crippen LogP contribution is 2.15. The largest absolute Gasteiger partial charge is 0.478 e. The maximum Gasteiger partial charge on any atom is 0.328 e. The Labute approximate surface area is 124 Å². The monoisotopic (exact) mass is 288 g/mol. The van der Waals surface area contributed by atoms with Crippen molar-refractivity contribution >= 4 is 18.0 Å². The number of nitrogens with zero attached hydrogens (tertiary/aromatic N) is 2. The highest BCUT2D eigenvalue weighted by molar-refractivity contribution is 5.95. The molecule has 1 aliphatic rings. The van der Waals surface area contributed by atoms with E-state index in [4.69, 9.17) is 5.11 Å². The summed E-state index contributed by atoms with van der Waals surface area (Å²) in [5, 5.41) is 8.65. The molecule has 0 saturated carbocycles. The molecular formula is C16H20N2O3. The molecule has 0 radical (unpaired) electrons. The van der Waals surface area contributed by atoms with Gasteiger partial charge in [0.25, 0.3) is 5.91 Å². The number of benzene rings is 1. The third-order valence-electron chi connectivity index (χ3n) is 3.71. The summed E-state index contributed by atoms with van der Waals surface area (Å²) >= 11 is 0. The molecule has 0 bridgehead atoms. The minimum Gasteiger partial charge on any atom is -0.478 e. The first-order chi connectivity index (χ1) is 9.97. The molecule has 0 spiro atoms. The number of rotatable bonds is 3. The van der Waals surface area contributed by atoms with Gasteiger partial charge in [-0.3, -0.25) is 4.79 Å². The number of aryl methyl sites for hydroxylation is 1. The highest BCUT2D eigenvalue weighted by Gasteiger charge is 2.20. The van der Waals surface area contributed by atoms with E-state index in [2.05, 4.69) is 11.9 Å². The van der Waals surface area contributed by atoms with Crippen LogP contribution in [0.1, 0.15) is 21.5 Å². The summed E-state index contributed by atoms with van der Waals surface area (Å²) < 4.78 is 0. The maximum atomic E-state index is 12.4. The van der Waals surface area contributed by atoms with Crippen LogP contribution in [0.25, 0.3) is 6.08 Å². The van der Waals surface area contributed by atoms with Crippen LogP contribution in [0.5, 0.6) is 0 Å². The van der Waals surface area contributed by atoms with Crippen LogP contribution in [0.3, 0.4) is 0 Å². The summed E-state index contributed by atoms with van der Waals surface area (Å²) in [5.41, 5.74) is 2.37. The number of carboxylic acid groups (broad SMARTS) is 1. The van der Waals surface area contributed by atoms with E-state index >= 15 is 0 Å². The molecular weight excluding hydrogens is 268 g/mol. The number of likely N-dealkylation sites (N-methyl/N-ethyl adjacent to an activating group) is 1. The average Bonchev–Trinajstić information content (AvgIpc) is 2.46. The molecule has 1 saturated heterocycles. The van der Waals surface area contributed by atoms with Crippen LogP contribution in [-0.2, 0) is 4.79 Å². The van der Waals surface area contributed by atoms with Crippen LogP contribution >= 0.6 is 0 Å². The fraction of sp³-hybridized carbons (Fsp3) is 0.375. The van der Waals surface area contributed by atoms with Crippen LogP contribution < -0.4 is 0 Å². The van der Waals surface area contributed by atoms with Crippen molar-refractivity contribution in [2.75, 3.05) is 33.2 Å². The molecule has 2 rings (SSSR count). The van der Waals surface area contributed by atoms with Crippen LogP contribution in [0, 0.1) is 6.92 Å². The van der Waals surface area contributed by atoms with Gasteiger partial charge in [-0.1, -0.05) is 6.07 Å². The van der Waals surface area contributed by atoms with E-state index < -0.39 is 5.97 Å². The lowest BCUT2D eigenvalue weighted by Crippen LogP contribution is -2.47. The summed E-state index contributed by atoms with van der Waals surface area (Å²) in [6.45, 7) is 5.15. The van der Waals surface area contributed by atoms with Crippen molar-refractivity contribution < 1.29 is 14.7 Å². The lowest BCUT2D eigenvalue weighted by atomic mass is 10.0. The van der Waals surface area contributed by atoms with E-state index in [1.54, 1.807) is 18.2 Å². The van der Waals surface area contributed by atoms with Gasteiger partial charge in [0.1, 0.15) is 0 Å². The number of carbonyl (C=O) groups is 2. The SMILES string of the molecule is Cc1cc(C(=O)N2CCN(C)CC2)ccc1/C=C/C(=O)O. The molecule has 0 aromatic heterocycles. The quantitative estimate of drug-likeness (QED) is 0.856. The smallest absolute Gasteiger partial charge is 0.328 e. The van der Waals surface area contributed by atoms with Gasteiger partial charge in [0, 0.05) is 37.8 Å². The summed E-state index contributed by atoms with van der Waals surface area (Å²) in [6.07, 6.45) is 2.64. The van der Waals surface area contributed by atoms with Crippen LogP contribution in [0.2, 0.25) is 0 Å². The minimum absolute atomic E-state index is 0.0416. The van der Waals surface area contributed by atoms with Crippen molar-refractivity contribution in [2.45, 2.75) is 6.92 Å². The highest BCUT2D eigenvalue weighted by atomic mass is 16.4. The van der Waals surface area contributed by atoms with Crippen molar-refractivity contribution in [3.05, 3.63) is 41.0 Å². The topological polar surface area (TPSA) is 60.9 Å². The van der Waals surface area contributed by atoms with Crippen molar-refractivity contribution in [2.24, 2.45) is 0 Å². The fourth-order valence-corrected chi connectivity index (χ4v) is 2.35. The van der Waals surface area contributed by atoms with Gasteiger partial charge < -0.3 is 14.9 Å². The molecule has 21 heavy (non-hydrogen) atoms. The van der Waals surface area contributed by atoms with Gasteiger partial charge >= 0.3 is 5.97 Å². The number of carbonyl (C=O) groups excluding carboxylic acids is 1. The van der Waals surface area contributed by atoms with E-state index in [-0.39, 0.29) is 5.91 Å². The second-order valence-electron chi connectivity index (χ2n) is 5.34. The number of hydrogen-bond donors (Lipinski definition) is 1. The summed E-state index contributed by atoms with van der Waals surface area (Å²) in [7, 11) is 2.05. The fourth-order valence-electron chi connectivity index (χ4n) is 2.35. The predicted molar refractivity (Wildman–Crippen MR) is 81.2 cm³/mol. The van der Waals surface area contributed by atoms with Gasteiger partial charge in [-0.25, -0.2) is 4.79 Å². The summed E-state index contributed by atoms with van der Waals surface area (Å²) in [5.74, 6) is -0.938. The number of amides is 1. The van der Waals surface area contributed by atoms with Crippen molar-refractivity contribution in [3.8, 4) is 0 Å². The van der Waals surface area contributed by atoms with Gasteiger partial charge in [-0.2, -0.15) is 0 Å². The molecule has 1 aromatic carbocycles. The van der Waals surface area contributed by atoms with Crippen LogP contribution in [0.4, 0.5) is 0 Å². The van der Waals surface area contributed by atoms with Gasteiger partial charge in [-0.05, 0) is 43.3 Å². The first-order valence-corrected chi connectivity index (χ1v) is 6.97. The Hall–Kier alpha value is -2.14. The van der Waals surface area contributed by atoms with E-state index in [9.17, 15) is 9.59 Å². The molecule has 0 aliphatic carbocycles. The Balaban J connectivity index is 2.12. The number of hydrogen-bond acceptors (Lipinski definition) is 3. The summed E-state index contributed by atoms with van der Waals surface area (Å²) in [6, 6.07) is 5.37. The predicted octanol–water partition coefficient (Wildman–Crippen LogP) is 1.48. The minimum atomic E-state index is -0.980. The van der Waals surface area contributed by atoms with E-state index in [1.807, 2.05) is 17.9 Å². The molecule has 1 fully saturated rings. The van der Waals surface area contributed by atoms with Gasteiger partial charge in [0.15, 0.2) is 0 Å². The maximum absolute atomic E-state index is 12.4. The average molecular weight is 288 g/mol. The number of carboxylic acids is 1. The van der Waals surface area contributed by atoms with E-state index in [0.717, 1.165) is 43.4 Å². The molecule has 1 heterocycles. The third-order valence-corrected chi connectivity index (χ3v) is 3.71. The zero-order valence-corrected chi connectivity index (χ0v) is 12.4. The zero-order valence-electron chi connectivity index (χ0n) is 12.4. The van der Waals surface area contributed by atoms with Gasteiger partial charge in [0.05, 0.1) is 0 Å². The lowest BCUT2D eigenvalue weighted by molar-refractivity contribution is -0.131. The Bertz CT molecular complexity index is 573. The molecule has 112 valence electrons. The Morgan fingerprint density at radius 1 is 1.19 bits per heavy atom. The van der Waals surface area contributed by atoms with Crippen LogP contribution in [-0.4, -0.2) is 60.0 Å². The molecule has 1 aliphatic heterocycles. The Morgan fingerprint density at radius 3 is 2.43 bits per heavy atom. The van der Waals surface area contributed by atoms with Crippen molar-refractivity contribution in [1.82, 2.24) is 9.80 Å². The zero-order chi connectivity index (χ0) is 15.4. The molecule has 5 nitrogen and oxygen atoms in total. The standard InChI is InChI=1S/C16H20N2O3/c1-12-11-14(4-3-13(12)5-6-15(19)20)16(21)18-9-7-17(2)8-10-18/h3-6,11H,7-10H2,1-2H3,(H,19,20)/b6-5+. The first-order valence-electron chi connectivity index (χ1n) is 6.97. The van der Waals surface area contributed by atoms with Gasteiger partial charge in [0.2, 0.25) is 0 Å². The lowest BCUT2D eigenvalue weighted by Gasteiger charge is -2.32. The Kier molecular flexibility index (Phi) is 4.75. The van der Waals surface area contributed by atoms with Gasteiger partial charge in [-0.15, -0.1) is 0 Å². The second kappa shape index (κ2) is 6.54. The van der Waals surface area contributed by atoms with Crippen molar-refractivity contribution in [3.63, 3.8) is 0 Å². The molecule has 0 unspecified atom stereocenters. The van der Waals surface area contributed by atoms with E-state index in [0.29, 0.717) is 5.56 Å². The molecule has 1 N–H and O–H groups in total. The Morgan fingerprint density at radius 2 is 1.86 bits per heavy atom. The molecule has 0 atom stereocenters. The summed E-state index contributed by atoms with van der Waals surface area (Å²) in [4.78, 5) is 27.0. The molecule has 1 amide bonds. The number of piperazine rings is 1. The second-order valence-corrected chi connectivity index (χ2v) is 5.34. The molecule has 1 aromatic rings. The van der Waals surface area contributed by atoms with Crippen molar-refractivity contribution in [1.29, 1.82) is 0 Å².